The van der Waals surface area contributed by atoms with Gasteiger partial charge in [-0.25, -0.2) is 0 Å². The summed E-state index contributed by atoms with van der Waals surface area (Å²) in [5.74, 6) is 0. The zero-order chi connectivity index (χ0) is 10.2. The number of fused-ring (bicyclic) bond motifs is 1. The lowest BCUT2D eigenvalue weighted by molar-refractivity contribution is 0.239. The predicted molar refractivity (Wildman–Crippen MR) is 58.6 cm³/mol. The normalized spacial score (nSPS) is 29.8. The largest absolute Gasteiger partial charge is 0.396 e. The summed E-state index contributed by atoms with van der Waals surface area (Å²) < 4.78 is 0. The van der Waals surface area contributed by atoms with Crippen LogP contribution in [0.4, 0.5) is 5.69 Å². The van der Waals surface area contributed by atoms with Crippen LogP contribution in [0.1, 0.15) is 25.8 Å². The first kappa shape index (κ1) is 9.53. The molecule has 2 rings (SSSR count). The van der Waals surface area contributed by atoms with Crippen LogP contribution >= 0.6 is 0 Å². The summed E-state index contributed by atoms with van der Waals surface area (Å²) in [4.78, 5) is 0. The average molecular weight is 191 g/mol. The highest BCUT2D eigenvalue weighted by Crippen LogP contribution is 2.42. The van der Waals surface area contributed by atoms with Gasteiger partial charge in [0.25, 0.3) is 0 Å². The van der Waals surface area contributed by atoms with E-state index < -0.39 is 0 Å². The fourth-order valence-corrected chi connectivity index (χ4v) is 2.32. The number of hydrogen-bond donors (Lipinski definition) is 2. The van der Waals surface area contributed by atoms with Crippen LogP contribution in [0.3, 0.4) is 0 Å². The number of nitrogens with one attached hydrogen (secondary N) is 1. The molecule has 0 radical (unpaired) electrons. The first-order chi connectivity index (χ1) is 6.68. The zero-order valence-electron chi connectivity index (χ0n) is 8.75. The van der Waals surface area contributed by atoms with E-state index in [1.165, 1.54) is 11.3 Å². The quantitative estimate of drug-likeness (QED) is 0.750. The van der Waals surface area contributed by atoms with E-state index in [0.717, 1.165) is 6.42 Å². The SMILES string of the molecule is CC1Nc2ccccc2C1(C)CCO. The van der Waals surface area contributed by atoms with Crippen LogP contribution in [0.15, 0.2) is 24.3 Å². The molecule has 0 amide bonds. The van der Waals surface area contributed by atoms with Crippen molar-refractivity contribution in [3.05, 3.63) is 29.8 Å². The van der Waals surface area contributed by atoms with E-state index in [1.807, 2.05) is 6.07 Å². The van der Waals surface area contributed by atoms with E-state index in [1.54, 1.807) is 0 Å². The van der Waals surface area contributed by atoms with Crippen LogP contribution in [-0.4, -0.2) is 17.8 Å². The van der Waals surface area contributed by atoms with Gasteiger partial charge in [0.1, 0.15) is 0 Å². The molecule has 1 heterocycles. The molecular weight excluding hydrogens is 174 g/mol. The summed E-state index contributed by atoms with van der Waals surface area (Å²) in [6.45, 7) is 4.64. The highest BCUT2D eigenvalue weighted by molar-refractivity contribution is 5.61. The summed E-state index contributed by atoms with van der Waals surface area (Å²) in [6.07, 6.45) is 0.818. The monoisotopic (exact) mass is 191 g/mol. The highest BCUT2D eigenvalue weighted by atomic mass is 16.3. The Kier molecular flexibility index (Phi) is 2.23. The lowest BCUT2D eigenvalue weighted by atomic mass is 9.77. The Morgan fingerprint density at radius 1 is 1.43 bits per heavy atom. The van der Waals surface area contributed by atoms with Gasteiger partial charge in [-0.1, -0.05) is 25.1 Å². The van der Waals surface area contributed by atoms with E-state index >= 15 is 0 Å². The molecule has 14 heavy (non-hydrogen) atoms. The first-order valence-corrected chi connectivity index (χ1v) is 5.15. The molecule has 0 aliphatic carbocycles. The van der Waals surface area contributed by atoms with Crippen LogP contribution in [0.2, 0.25) is 0 Å². The topological polar surface area (TPSA) is 32.3 Å². The standard InChI is InChI=1S/C12H17NO/c1-9-12(2,7-8-14)10-5-3-4-6-11(10)13-9/h3-6,9,13-14H,7-8H2,1-2H3. The van der Waals surface area contributed by atoms with Gasteiger partial charge in [-0.2, -0.15) is 0 Å². The van der Waals surface area contributed by atoms with Crippen LogP contribution in [0, 0.1) is 0 Å². The van der Waals surface area contributed by atoms with Crippen molar-refractivity contribution in [2.45, 2.75) is 31.7 Å². The molecule has 1 aromatic carbocycles. The van der Waals surface area contributed by atoms with Crippen molar-refractivity contribution in [3.63, 3.8) is 0 Å². The molecule has 0 spiro atoms. The number of aliphatic hydroxyl groups excluding tert-OH is 1. The Hall–Kier alpha value is -1.02. The molecule has 2 atom stereocenters. The lowest BCUT2D eigenvalue weighted by Gasteiger charge is -2.28. The molecule has 2 heteroatoms. The van der Waals surface area contributed by atoms with Gasteiger partial charge in [-0.3, -0.25) is 0 Å². The number of hydrogen-bond acceptors (Lipinski definition) is 2. The molecular formula is C12H17NO. The predicted octanol–water partition coefficient (Wildman–Crippen LogP) is 2.14. The Labute approximate surface area is 85.0 Å². The van der Waals surface area contributed by atoms with Crippen molar-refractivity contribution >= 4 is 5.69 Å². The van der Waals surface area contributed by atoms with Crippen molar-refractivity contribution in [3.8, 4) is 0 Å². The van der Waals surface area contributed by atoms with Gasteiger partial charge < -0.3 is 10.4 Å². The van der Waals surface area contributed by atoms with Crippen molar-refractivity contribution in [2.24, 2.45) is 0 Å². The minimum atomic E-state index is 0.0747. The lowest BCUT2D eigenvalue weighted by Crippen LogP contribution is -2.34. The molecule has 0 saturated heterocycles. The molecule has 1 aliphatic heterocycles. The van der Waals surface area contributed by atoms with Crippen LogP contribution < -0.4 is 5.32 Å². The van der Waals surface area contributed by atoms with Crippen LogP contribution in [0.5, 0.6) is 0 Å². The number of anilines is 1. The molecule has 2 N–H and O–H groups in total. The third-order valence-corrected chi connectivity index (χ3v) is 3.50. The Bertz CT molecular complexity index is 337. The van der Waals surface area contributed by atoms with Gasteiger partial charge >= 0.3 is 0 Å². The molecule has 76 valence electrons. The van der Waals surface area contributed by atoms with Crippen molar-refractivity contribution in [1.29, 1.82) is 0 Å². The van der Waals surface area contributed by atoms with Gasteiger partial charge in [0.05, 0.1) is 0 Å². The molecule has 1 aromatic rings. The fraction of sp³-hybridized carbons (Fsp3) is 0.500. The maximum Gasteiger partial charge on any atom is 0.0440 e. The minimum absolute atomic E-state index is 0.0747. The smallest absolute Gasteiger partial charge is 0.0440 e. The summed E-state index contributed by atoms with van der Waals surface area (Å²) >= 11 is 0. The van der Waals surface area contributed by atoms with Crippen molar-refractivity contribution in [1.82, 2.24) is 0 Å². The zero-order valence-corrected chi connectivity index (χ0v) is 8.75. The fourth-order valence-electron chi connectivity index (χ4n) is 2.32. The molecule has 2 unspecified atom stereocenters. The molecule has 0 bridgehead atoms. The Balaban J connectivity index is 2.43. The summed E-state index contributed by atoms with van der Waals surface area (Å²) in [6, 6.07) is 8.76. The number of aliphatic hydroxyl groups is 1. The van der Waals surface area contributed by atoms with Crippen molar-refractivity contribution in [2.75, 3.05) is 11.9 Å². The van der Waals surface area contributed by atoms with Crippen molar-refractivity contribution < 1.29 is 5.11 Å². The van der Waals surface area contributed by atoms with E-state index in [4.69, 9.17) is 5.11 Å². The van der Waals surface area contributed by atoms with Gasteiger partial charge in [0.15, 0.2) is 0 Å². The number of rotatable bonds is 2. The van der Waals surface area contributed by atoms with Gasteiger partial charge in [-0.15, -0.1) is 0 Å². The Morgan fingerprint density at radius 2 is 2.14 bits per heavy atom. The maximum absolute atomic E-state index is 9.11. The minimum Gasteiger partial charge on any atom is -0.396 e. The van der Waals surface area contributed by atoms with Gasteiger partial charge in [-0.05, 0) is 25.0 Å². The average Bonchev–Trinajstić information content (AvgIpc) is 2.41. The van der Waals surface area contributed by atoms with E-state index in [9.17, 15) is 0 Å². The molecule has 1 aliphatic rings. The molecule has 0 saturated carbocycles. The Morgan fingerprint density at radius 3 is 2.86 bits per heavy atom. The summed E-state index contributed by atoms with van der Waals surface area (Å²) in [5, 5.41) is 12.6. The molecule has 2 nitrogen and oxygen atoms in total. The summed E-state index contributed by atoms with van der Waals surface area (Å²) in [7, 11) is 0. The van der Waals surface area contributed by atoms with E-state index in [-0.39, 0.29) is 12.0 Å². The third-order valence-electron chi connectivity index (χ3n) is 3.50. The van der Waals surface area contributed by atoms with E-state index in [0.29, 0.717) is 6.04 Å². The van der Waals surface area contributed by atoms with Crippen LogP contribution in [-0.2, 0) is 5.41 Å². The molecule has 0 aromatic heterocycles. The third kappa shape index (κ3) is 1.22. The van der Waals surface area contributed by atoms with Gasteiger partial charge in [0, 0.05) is 23.8 Å². The second-order valence-corrected chi connectivity index (χ2v) is 4.30. The second kappa shape index (κ2) is 3.28. The highest BCUT2D eigenvalue weighted by Gasteiger charge is 2.39. The maximum atomic E-state index is 9.11. The first-order valence-electron chi connectivity index (χ1n) is 5.15. The number of para-hydroxylation sites is 1. The number of benzene rings is 1. The van der Waals surface area contributed by atoms with Gasteiger partial charge in [0.2, 0.25) is 0 Å². The second-order valence-electron chi connectivity index (χ2n) is 4.30. The summed E-state index contributed by atoms with van der Waals surface area (Å²) in [5.41, 5.74) is 2.63. The van der Waals surface area contributed by atoms with E-state index in [2.05, 4.69) is 37.4 Å². The van der Waals surface area contributed by atoms with Crippen LogP contribution in [0.25, 0.3) is 0 Å². The molecule has 0 fully saturated rings.